The number of carbonyl (C=O) groups excluding carboxylic acids is 2. The van der Waals surface area contributed by atoms with Gasteiger partial charge >= 0.3 is 0 Å². The molecular formula is C11H13NO2. The average molecular weight is 191 g/mol. The smallest absolute Gasteiger partial charge is 0.287 e. The summed E-state index contributed by atoms with van der Waals surface area (Å²) in [6.45, 7) is 3.10. The summed E-state index contributed by atoms with van der Waals surface area (Å²) in [7, 11) is 0. The van der Waals surface area contributed by atoms with Crippen LogP contribution in [0.4, 0.5) is 0 Å². The molecular weight excluding hydrogens is 178 g/mol. The highest BCUT2D eigenvalue weighted by Gasteiger charge is 2.11. The topological polar surface area (TPSA) is 46.2 Å². The molecule has 1 aromatic rings. The number of hydrogen-bond donors (Lipinski definition) is 1. The quantitative estimate of drug-likeness (QED) is 0.735. The van der Waals surface area contributed by atoms with Crippen molar-refractivity contribution in [3.8, 4) is 0 Å². The molecule has 1 N–H and O–H groups in total. The second kappa shape index (κ2) is 4.56. The van der Waals surface area contributed by atoms with E-state index in [1.54, 1.807) is 0 Å². The van der Waals surface area contributed by atoms with E-state index in [1.807, 2.05) is 37.3 Å². The van der Waals surface area contributed by atoms with E-state index in [4.69, 9.17) is 0 Å². The van der Waals surface area contributed by atoms with Gasteiger partial charge in [-0.05, 0) is 12.5 Å². The molecule has 1 amide bonds. The monoisotopic (exact) mass is 191 g/mol. The Labute approximate surface area is 83.1 Å². The van der Waals surface area contributed by atoms with Gasteiger partial charge in [0, 0.05) is 6.92 Å². The van der Waals surface area contributed by atoms with E-state index in [0.717, 1.165) is 5.56 Å². The molecule has 0 aliphatic heterocycles. The highest BCUT2D eigenvalue weighted by molar-refractivity contribution is 6.35. The molecule has 0 saturated heterocycles. The molecule has 3 heteroatoms. The Bertz CT molecular complexity index is 332. The summed E-state index contributed by atoms with van der Waals surface area (Å²) < 4.78 is 0. The Balaban J connectivity index is 2.64. The maximum Gasteiger partial charge on any atom is 0.287 e. The molecule has 1 atom stereocenters. The highest BCUT2D eigenvalue weighted by Crippen LogP contribution is 2.10. The summed E-state index contributed by atoms with van der Waals surface area (Å²) in [5.74, 6) is -1.01. The van der Waals surface area contributed by atoms with E-state index < -0.39 is 11.7 Å². The van der Waals surface area contributed by atoms with Crippen molar-refractivity contribution in [2.24, 2.45) is 0 Å². The van der Waals surface area contributed by atoms with Crippen LogP contribution in [0.2, 0.25) is 0 Å². The lowest BCUT2D eigenvalue weighted by Crippen LogP contribution is -2.31. The van der Waals surface area contributed by atoms with Crippen LogP contribution in [0.15, 0.2) is 30.3 Å². The van der Waals surface area contributed by atoms with Crippen molar-refractivity contribution in [1.82, 2.24) is 5.32 Å². The van der Waals surface area contributed by atoms with E-state index in [2.05, 4.69) is 5.32 Å². The van der Waals surface area contributed by atoms with Crippen molar-refractivity contribution in [1.29, 1.82) is 0 Å². The summed E-state index contributed by atoms with van der Waals surface area (Å²) in [6.07, 6.45) is 0. The van der Waals surface area contributed by atoms with Gasteiger partial charge in [-0.15, -0.1) is 0 Å². The molecule has 0 radical (unpaired) electrons. The molecule has 0 unspecified atom stereocenters. The fourth-order valence-electron chi connectivity index (χ4n) is 1.12. The van der Waals surface area contributed by atoms with E-state index in [1.165, 1.54) is 6.92 Å². The van der Waals surface area contributed by atoms with Crippen molar-refractivity contribution >= 4 is 11.7 Å². The van der Waals surface area contributed by atoms with Gasteiger partial charge in [0.1, 0.15) is 0 Å². The van der Waals surface area contributed by atoms with Gasteiger partial charge in [0.15, 0.2) is 0 Å². The van der Waals surface area contributed by atoms with Crippen LogP contribution in [0, 0.1) is 0 Å². The number of Topliss-reactive ketones (excluding diaryl/α,β-unsaturated/α-hetero) is 1. The number of amides is 1. The SMILES string of the molecule is CC(=O)C(=O)N[C@@H](C)c1ccccc1. The Morgan fingerprint density at radius 2 is 1.79 bits per heavy atom. The van der Waals surface area contributed by atoms with Crippen LogP contribution in [0.25, 0.3) is 0 Å². The van der Waals surface area contributed by atoms with E-state index in [-0.39, 0.29) is 6.04 Å². The van der Waals surface area contributed by atoms with Gasteiger partial charge in [0.05, 0.1) is 6.04 Å². The van der Waals surface area contributed by atoms with Crippen LogP contribution in [0.5, 0.6) is 0 Å². The minimum atomic E-state index is -0.540. The van der Waals surface area contributed by atoms with Crippen LogP contribution >= 0.6 is 0 Å². The van der Waals surface area contributed by atoms with Crippen LogP contribution in [0.3, 0.4) is 0 Å². The number of rotatable bonds is 3. The predicted octanol–water partition coefficient (Wildman–Crippen LogP) is 1.45. The molecule has 0 fully saturated rings. The first-order valence-electron chi connectivity index (χ1n) is 4.47. The summed E-state index contributed by atoms with van der Waals surface area (Å²) in [5, 5.41) is 2.61. The third kappa shape index (κ3) is 2.69. The summed E-state index contributed by atoms with van der Waals surface area (Å²) in [4.78, 5) is 21.8. The van der Waals surface area contributed by atoms with Gasteiger partial charge in [-0.3, -0.25) is 9.59 Å². The van der Waals surface area contributed by atoms with E-state index in [0.29, 0.717) is 0 Å². The van der Waals surface area contributed by atoms with E-state index in [9.17, 15) is 9.59 Å². The first kappa shape index (κ1) is 10.4. The predicted molar refractivity (Wildman–Crippen MR) is 53.7 cm³/mol. The number of hydrogen-bond acceptors (Lipinski definition) is 2. The van der Waals surface area contributed by atoms with Gasteiger partial charge in [0.25, 0.3) is 5.91 Å². The molecule has 0 spiro atoms. The summed E-state index contributed by atoms with van der Waals surface area (Å²) >= 11 is 0. The first-order chi connectivity index (χ1) is 6.61. The molecule has 1 aromatic carbocycles. The number of benzene rings is 1. The Morgan fingerprint density at radius 1 is 1.21 bits per heavy atom. The molecule has 0 aliphatic carbocycles. The zero-order valence-corrected chi connectivity index (χ0v) is 8.28. The summed E-state index contributed by atoms with van der Waals surface area (Å²) in [6, 6.07) is 9.38. The third-order valence-electron chi connectivity index (χ3n) is 1.97. The maximum atomic E-state index is 11.1. The second-order valence-electron chi connectivity index (χ2n) is 3.16. The molecule has 0 heterocycles. The van der Waals surface area contributed by atoms with Crippen molar-refractivity contribution < 1.29 is 9.59 Å². The van der Waals surface area contributed by atoms with Gasteiger partial charge in [-0.2, -0.15) is 0 Å². The van der Waals surface area contributed by atoms with Crippen molar-refractivity contribution in [2.75, 3.05) is 0 Å². The zero-order chi connectivity index (χ0) is 10.6. The molecule has 14 heavy (non-hydrogen) atoms. The Kier molecular flexibility index (Phi) is 3.40. The van der Waals surface area contributed by atoms with Crippen molar-refractivity contribution in [3.05, 3.63) is 35.9 Å². The first-order valence-corrected chi connectivity index (χ1v) is 4.47. The largest absolute Gasteiger partial charge is 0.343 e. The standard InChI is InChI=1S/C11H13NO2/c1-8(12-11(14)9(2)13)10-6-4-3-5-7-10/h3-8H,1-2H3,(H,12,14)/t8-/m0/s1. The van der Waals surface area contributed by atoms with Crippen LogP contribution in [-0.2, 0) is 9.59 Å². The Hall–Kier alpha value is -1.64. The fourth-order valence-corrected chi connectivity index (χ4v) is 1.12. The lowest BCUT2D eigenvalue weighted by atomic mass is 10.1. The zero-order valence-electron chi connectivity index (χ0n) is 8.28. The maximum absolute atomic E-state index is 11.1. The van der Waals surface area contributed by atoms with E-state index >= 15 is 0 Å². The van der Waals surface area contributed by atoms with Crippen molar-refractivity contribution in [3.63, 3.8) is 0 Å². The second-order valence-corrected chi connectivity index (χ2v) is 3.16. The molecule has 1 rings (SSSR count). The lowest BCUT2D eigenvalue weighted by molar-refractivity contribution is -0.137. The highest BCUT2D eigenvalue weighted by atomic mass is 16.2. The van der Waals surface area contributed by atoms with Crippen molar-refractivity contribution in [2.45, 2.75) is 19.9 Å². The van der Waals surface area contributed by atoms with Crippen LogP contribution in [-0.4, -0.2) is 11.7 Å². The van der Waals surface area contributed by atoms with Crippen LogP contribution < -0.4 is 5.32 Å². The number of nitrogens with one attached hydrogen (secondary N) is 1. The molecule has 3 nitrogen and oxygen atoms in total. The van der Waals surface area contributed by atoms with Crippen LogP contribution in [0.1, 0.15) is 25.5 Å². The Morgan fingerprint density at radius 3 is 2.29 bits per heavy atom. The van der Waals surface area contributed by atoms with Gasteiger partial charge in [-0.1, -0.05) is 30.3 Å². The third-order valence-corrected chi connectivity index (χ3v) is 1.97. The minimum Gasteiger partial charge on any atom is -0.343 e. The average Bonchev–Trinajstić information content (AvgIpc) is 2.19. The van der Waals surface area contributed by atoms with Gasteiger partial charge in [-0.25, -0.2) is 0 Å². The van der Waals surface area contributed by atoms with Gasteiger partial charge < -0.3 is 5.32 Å². The molecule has 0 aliphatic rings. The normalized spacial score (nSPS) is 11.9. The number of carbonyl (C=O) groups is 2. The van der Waals surface area contributed by atoms with Gasteiger partial charge in [0.2, 0.25) is 5.78 Å². The molecule has 0 saturated carbocycles. The minimum absolute atomic E-state index is 0.132. The molecule has 0 bridgehead atoms. The number of ketones is 1. The fraction of sp³-hybridized carbons (Fsp3) is 0.273. The molecule has 0 aromatic heterocycles. The summed E-state index contributed by atoms with van der Waals surface area (Å²) in [5.41, 5.74) is 0.988. The lowest BCUT2D eigenvalue weighted by Gasteiger charge is -2.12. The molecule has 74 valence electrons.